The van der Waals surface area contributed by atoms with Crippen molar-refractivity contribution in [2.24, 2.45) is 0 Å². The van der Waals surface area contributed by atoms with Crippen LogP contribution in [-0.4, -0.2) is 14.3 Å². The van der Waals surface area contributed by atoms with E-state index in [2.05, 4.69) is 14.3 Å². The summed E-state index contributed by atoms with van der Waals surface area (Å²) in [5.41, 5.74) is 1.81. The third-order valence-electron chi connectivity index (χ3n) is 1.50. The first-order valence-electron chi connectivity index (χ1n) is 3.67. The minimum absolute atomic E-state index is 0.407. The minimum atomic E-state index is 0.407. The summed E-state index contributed by atoms with van der Waals surface area (Å²) in [7, 11) is 0. The van der Waals surface area contributed by atoms with Gasteiger partial charge in [-0.2, -0.15) is 4.37 Å². The lowest BCUT2D eigenvalue weighted by molar-refractivity contribution is 1.21. The van der Waals surface area contributed by atoms with E-state index in [1.165, 1.54) is 17.7 Å². The van der Waals surface area contributed by atoms with Crippen LogP contribution in [0.3, 0.4) is 0 Å². The number of rotatable bonds is 1. The predicted molar refractivity (Wildman–Crippen MR) is 52.9 cm³/mol. The van der Waals surface area contributed by atoms with Crippen molar-refractivity contribution in [3.8, 4) is 10.6 Å². The maximum absolute atomic E-state index is 5.62. The zero-order valence-electron chi connectivity index (χ0n) is 6.86. The van der Waals surface area contributed by atoms with Gasteiger partial charge in [0, 0.05) is 0 Å². The molecule has 0 radical (unpaired) electrons. The van der Waals surface area contributed by atoms with Crippen LogP contribution in [0.2, 0.25) is 5.15 Å². The zero-order valence-corrected chi connectivity index (χ0v) is 8.43. The second-order valence-corrected chi connectivity index (χ2v) is 3.75. The molecule has 66 valence electrons. The highest BCUT2D eigenvalue weighted by molar-refractivity contribution is 7.09. The largest absolute Gasteiger partial charge is 0.250 e. The summed E-state index contributed by atoms with van der Waals surface area (Å²) in [6.07, 6.45) is 3.18. The summed E-state index contributed by atoms with van der Waals surface area (Å²) in [4.78, 5) is 9.10. The molecule has 2 rings (SSSR count). The lowest BCUT2D eigenvalue weighted by Crippen LogP contribution is -1.82. The van der Waals surface area contributed by atoms with Crippen molar-refractivity contribution in [2.75, 3.05) is 0 Å². The molecule has 0 amide bonds. The Balaban J connectivity index is 2.41. The molecule has 0 aliphatic heterocycles. The maximum Gasteiger partial charge on any atom is 0.147 e. The molecule has 0 N–H and O–H groups in total. The lowest BCUT2D eigenvalue weighted by atomic mass is 10.3. The number of hydrogen-bond donors (Lipinski definition) is 0. The van der Waals surface area contributed by atoms with E-state index in [4.69, 9.17) is 11.6 Å². The first-order valence-corrected chi connectivity index (χ1v) is 4.82. The molecule has 0 aliphatic carbocycles. The summed E-state index contributed by atoms with van der Waals surface area (Å²) >= 11 is 7.03. The molecule has 0 aromatic carbocycles. The molecule has 0 spiro atoms. The molecule has 13 heavy (non-hydrogen) atoms. The second kappa shape index (κ2) is 3.40. The third-order valence-corrected chi connectivity index (χ3v) is 2.60. The fraction of sp³-hybridized carbons (Fsp3) is 0.125. The number of hydrogen-bond acceptors (Lipinski definition) is 4. The van der Waals surface area contributed by atoms with Crippen LogP contribution in [0.25, 0.3) is 10.6 Å². The normalized spacial score (nSPS) is 10.3. The molecular formula is C8H6ClN3S. The van der Waals surface area contributed by atoms with Crippen LogP contribution in [-0.2, 0) is 0 Å². The molecule has 5 heteroatoms. The van der Waals surface area contributed by atoms with Gasteiger partial charge in [-0.15, -0.1) is 0 Å². The van der Waals surface area contributed by atoms with Gasteiger partial charge in [0.05, 0.1) is 23.0 Å². The Morgan fingerprint density at radius 1 is 1.31 bits per heavy atom. The lowest BCUT2D eigenvalue weighted by Gasteiger charge is -1.93. The van der Waals surface area contributed by atoms with Crippen LogP contribution in [0.4, 0.5) is 0 Å². The van der Waals surface area contributed by atoms with E-state index in [1.807, 2.05) is 13.0 Å². The van der Waals surface area contributed by atoms with Gasteiger partial charge in [0.15, 0.2) is 0 Å². The zero-order chi connectivity index (χ0) is 9.26. The van der Waals surface area contributed by atoms with E-state index in [9.17, 15) is 0 Å². The van der Waals surface area contributed by atoms with Gasteiger partial charge in [-0.3, -0.25) is 4.98 Å². The van der Waals surface area contributed by atoms with Crippen LogP contribution in [0.5, 0.6) is 0 Å². The Kier molecular flexibility index (Phi) is 2.24. The van der Waals surface area contributed by atoms with Crippen LogP contribution in [0.15, 0.2) is 18.5 Å². The van der Waals surface area contributed by atoms with Crippen molar-refractivity contribution < 1.29 is 0 Å². The molecule has 0 bridgehead atoms. The first kappa shape index (κ1) is 8.59. The monoisotopic (exact) mass is 211 g/mol. The average molecular weight is 212 g/mol. The Bertz CT molecular complexity index is 410. The summed E-state index contributed by atoms with van der Waals surface area (Å²) in [6.45, 7) is 1.95. The van der Waals surface area contributed by atoms with Crippen LogP contribution in [0.1, 0.15) is 5.69 Å². The van der Waals surface area contributed by atoms with Gasteiger partial charge in [-0.25, -0.2) is 4.98 Å². The van der Waals surface area contributed by atoms with Crippen molar-refractivity contribution in [3.63, 3.8) is 0 Å². The van der Waals surface area contributed by atoms with Crippen molar-refractivity contribution >= 4 is 23.1 Å². The Morgan fingerprint density at radius 3 is 2.69 bits per heavy atom. The number of halogens is 1. The van der Waals surface area contributed by atoms with Crippen molar-refractivity contribution in [1.29, 1.82) is 0 Å². The van der Waals surface area contributed by atoms with Crippen LogP contribution >= 0.6 is 23.1 Å². The highest BCUT2D eigenvalue weighted by atomic mass is 35.5. The van der Waals surface area contributed by atoms with Gasteiger partial charge in [-0.1, -0.05) is 11.6 Å². The van der Waals surface area contributed by atoms with E-state index < -0.39 is 0 Å². The molecule has 0 saturated heterocycles. The van der Waals surface area contributed by atoms with Gasteiger partial charge >= 0.3 is 0 Å². The maximum atomic E-state index is 5.62. The second-order valence-electron chi connectivity index (χ2n) is 2.56. The molecule has 0 unspecified atom stereocenters. The van der Waals surface area contributed by atoms with E-state index in [0.29, 0.717) is 5.15 Å². The van der Waals surface area contributed by atoms with Crippen molar-refractivity contribution in [3.05, 3.63) is 29.3 Å². The molecule has 0 saturated carbocycles. The highest BCUT2D eigenvalue weighted by Gasteiger charge is 2.03. The fourth-order valence-corrected chi connectivity index (χ4v) is 1.74. The van der Waals surface area contributed by atoms with Gasteiger partial charge in [0.2, 0.25) is 0 Å². The van der Waals surface area contributed by atoms with Gasteiger partial charge in [0.25, 0.3) is 0 Å². The highest BCUT2D eigenvalue weighted by Crippen LogP contribution is 2.21. The Labute approximate surface area is 84.6 Å². The van der Waals surface area contributed by atoms with Gasteiger partial charge in [-0.05, 0) is 24.5 Å². The predicted octanol–water partition coefficient (Wildman–Crippen LogP) is 2.56. The number of aryl methyl sites for hydroxylation is 1. The third kappa shape index (κ3) is 1.84. The molecule has 2 heterocycles. The van der Waals surface area contributed by atoms with Crippen molar-refractivity contribution in [1.82, 2.24) is 14.3 Å². The Hall–Kier alpha value is -1.00. The first-order chi connectivity index (χ1) is 6.25. The van der Waals surface area contributed by atoms with Crippen LogP contribution in [0, 0.1) is 6.92 Å². The van der Waals surface area contributed by atoms with Crippen LogP contribution < -0.4 is 0 Å². The summed E-state index contributed by atoms with van der Waals surface area (Å²) in [5.74, 6) is 0. The van der Waals surface area contributed by atoms with E-state index >= 15 is 0 Å². The van der Waals surface area contributed by atoms with Gasteiger partial charge in [0.1, 0.15) is 10.8 Å². The van der Waals surface area contributed by atoms with E-state index in [-0.39, 0.29) is 0 Å². The summed E-state index contributed by atoms with van der Waals surface area (Å²) < 4.78 is 4.16. The topological polar surface area (TPSA) is 38.7 Å². The molecule has 0 atom stereocenters. The van der Waals surface area contributed by atoms with E-state index in [1.54, 1.807) is 6.20 Å². The quantitative estimate of drug-likeness (QED) is 0.728. The molecule has 0 fully saturated rings. The van der Waals surface area contributed by atoms with Crippen molar-refractivity contribution in [2.45, 2.75) is 6.92 Å². The standard InChI is InChI=1S/C8H6ClN3S/c1-5-2-7(13-12-5)6-3-11-8(9)4-10-6/h2-4H,1H3. The molecule has 3 nitrogen and oxygen atoms in total. The minimum Gasteiger partial charge on any atom is -0.250 e. The Morgan fingerprint density at radius 2 is 2.15 bits per heavy atom. The average Bonchev–Trinajstić information content (AvgIpc) is 2.53. The number of nitrogens with zero attached hydrogens (tertiary/aromatic N) is 3. The fourth-order valence-electron chi connectivity index (χ4n) is 0.924. The number of aromatic nitrogens is 3. The SMILES string of the molecule is Cc1cc(-c2cnc(Cl)cn2)sn1. The van der Waals surface area contributed by atoms with E-state index in [0.717, 1.165) is 16.3 Å². The molecule has 0 aliphatic rings. The summed E-state index contributed by atoms with van der Waals surface area (Å²) in [6, 6.07) is 1.97. The molecule has 2 aromatic heterocycles. The van der Waals surface area contributed by atoms with Gasteiger partial charge < -0.3 is 0 Å². The summed E-state index contributed by atoms with van der Waals surface area (Å²) in [5, 5.41) is 0.407. The smallest absolute Gasteiger partial charge is 0.147 e. The molecular weight excluding hydrogens is 206 g/mol. The molecule has 2 aromatic rings.